The normalized spacial score (nSPS) is 9.83. The number of benzene rings is 2. The van der Waals surface area contributed by atoms with Gasteiger partial charge in [-0.1, -0.05) is 35.9 Å². The van der Waals surface area contributed by atoms with Crippen LogP contribution in [-0.2, 0) is 4.79 Å². The molecule has 23 heavy (non-hydrogen) atoms. The van der Waals surface area contributed by atoms with Crippen LogP contribution in [0.4, 0.5) is 10.1 Å². The zero-order valence-electron chi connectivity index (χ0n) is 11.8. The number of anilines is 1. The summed E-state index contributed by atoms with van der Waals surface area (Å²) >= 11 is 10.8. The Morgan fingerprint density at radius 3 is 2.57 bits per heavy atom. The monoisotopic (exact) mass is 353 g/mol. The second-order valence-corrected chi connectivity index (χ2v) is 5.14. The van der Waals surface area contributed by atoms with E-state index in [9.17, 15) is 9.18 Å². The molecule has 3 N–H and O–H groups in total. The van der Waals surface area contributed by atoms with Crippen molar-refractivity contribution in [2.24, 2.45) is 0 Å². The zero-order chi connectivity index (χ0) is 16.7. The van der Waals surface area contributed by atoms with Crippen LogP contribution in [0.5, 0.6) is 5.75 Å². The second-order valence-electron chi connectivity index (χ2n) is 4.33. The van der Waals surface area contributed by atoms with Crippen LogP contribution in [-0.4, -0.2) is 17.6 Å². The third kappa shape index (κ3) is 5.39. The molecule has 0 radical (unpaired) electrons. The maximum atomic E-state index is 13.4. The van der Waals surface area contributed by atoms with E-state index >= 15 is 0 Å². The first kappa shape index (κ1) is 17.0. The van der Waals surface area contributed by atoms with Gasteiger partial charge in [-0.3, -0.25) is 15.6 Å². The molecule has 5 nitrogen and oxygen atoms in total. The fourth-order valence-electron chi connectivity index (χ4n) is 1.58. The zero-order valence-corrected chi connectivity index (χ0v) is 13.4. The quantitative estimate of drug-likeness (QED) is 0.583. The standard InChI is InChI=1S/C15H13ClFN3O2S/c16-10-5-1-4-8-13(10)22-9-14(21)19-20-15(23)18-12-7-3-2-6-11(12)17/h1-8H,9H2,(H,19,21)(H2,18,20,23). The third-order valence-electron chi connectivity index (χ3n) is 2.63. The molecular weight excluding hydrogens is 341 g/mol. The van der Waals surface area contributed by atoms with Gasteiger partial charge in [-0.25, -0.2) is 4.39 Å². The third-order valence-corrected chi connectivity index (χ3v) is 3.15. The van der Waals surface area contributed by atoms with Crippen molar-refractivity contribution < 1.29 is 13.9 Å². The molecule has 2 rings (SSSR count). The Bertz CT molecular complexity index is 715. The molecule has 0 heterocycles. The minimum atomic E-state index is -0.470. The summed E-state index contributed by atoms with van der Waals surface area (Å²) in [7, 11) is 0. The number of thiocarbonyl (C=S) groups is 1. The van der Waals surface area contributed by atoms with Gasteiger partial charge in [0.25, 0.3) is 5.91 Å². The van der Waals surface area contributed by atoms with Crippen molar-refractivity contribution in [3.05, 3.63) is 59.4 Å². The van der Waals surface area contributed by atoms with Crippen LogP contribution in [0.25, 0.3) is 0 Å². The molecule has 0 fully saturated rings. The van der Waals surface area contributed by atoms with E-state index in [-0.39, 0.29) is 17.4 Å². The van der Waals surface area contributed by atoms with Crippen LogP contribution in [0.3, 0.4) is 0 Å². The smallest absolute Gasteiger partial charge is 0.276 e. The molecule has 0 atom stereocenters. The van der Waals surface area contributed by atoms with Gasteiger partial charge >= 0.3 is 0 Å². The first-order valence-electron chi connectivity index (χ1n) is 6.54. The molecule has 1 amide bonds. The van der Waals surface area contributed by atoms with Crippen molar-refractivity contribution in [3.8, 4) is 5.75 Å². The number of rotatable bonds is 4. The molecule has 0 aromatic heterocycles. The maximum absolute atomic E-state index is 13.4. The number of para-hydroxylation sites is 2. The lowest BCUT2D eigenvalue weighted by atomic mass is 10.3. The second kappa shape index (κ2) is 8.30. The van der Waals surface area contributed by atoms with Gasteiger partial charge in [-0.05, 0) is 36.5 Å². The maximum Gasteiger partial charge on any atom is 0.276 e. The van der Waals surface area contributed by atoms with Gasteiger partial charge in [0.15, 0.2) is 11.7 Å². The Morgan fingerprint density at radius 1 is 1.13 bits per heavy atom. The largest absolute Gasteiger partial charge is 0.482 e. The highest BCUT2D eigenvalue weighted by molar-refractivity contribution is 7.80. The number of carbonyl (C=O) groups is 1. The Hall–Kier alpha value is -2.38. The first-order chi connectivity index (χ1) is 11.1. The predicted molar refractivity (Wildman–Crippen MR) is 90.8 cm³/mol. The van der Waals surface area contributed by atoms with Crippen LogP contribution >= 0.6 is 23.8 Å². The summed E-state index contributed by atoms with van der Waals surface area (Å²) in [5.74, 6) is -0.524. The summed E-state index contributed by atoms with van der Waals surface area (Å²) in [4.78, 5) is 11.6. The average molecular weight is 354 g/mol. The molecular formula is C15H13ClFN3O2S. The Labute approximate surface area is 142 Å². The summed E-state index contributed by atoms with van der Waals surface area (Å²) < 4.78 is 18.7. The number of carbonyl (C=O) groups excluding carboxylic acids is 1. The van der Waals surface area contributed by atoms with E-state index < -0.39 is 11.7 Å². The SMILES string of the molecule is O=C(COc1ccccc1Cl)NNC(=S)Nc1ccccc1F. The fraction of sp³-hybridized carbons (Fsp3) is 0.0667. The molecule has 0 unspecified atom stereocenters. The highest BCUT2D eigenvalue weighted by Crippen LogP contribution is 2.22. The molecule has 2 aromatic rings. The lowest BCUT2D eigenvalue weighted by Crippen LogP contribution is -2.45. The molecule has 120 valence electrons. The van der Waals surface area contributed by atoms with Gasteiger partial charge in [0.05, 0.1) is 10.7 Å². The molecule has 0 saturated carbocycles. The van der Waals surface area contributed by atoms with Crippen LogP contribution in [0.2, 0.25) is 5.02 Å². The lowest BCUT2D eigenvalue weighted by molar-refractivity contribution is -0.123. The molecule has 0 aliphatic rings. The van der Waals surface area contributed by atoms with E-state index in [1.54, 1.807) is 36.4 Å². The Kier molecular flexibility index (Phi) is 6.13. The Morgan fingerprint density at radius 2 is 1.83 bits per heavy atom. The number of nitrogens with one attached hydrogen (secondary N) is 3. The van der Waals surface area contributed by atoms with Gasteiger partial charge in [0, 0.05) is 0 Å². The molecule has 0 bridgehead atoms. The topological polar surface area (TPSA) is 62.4 Å². The van der Waals surface area contributed by atoms with Gasteiger partial charge < -0.3 is 10.1 Å². The van der Waals surface area contributed by atoms with E-state index in [0.29, 0.717) is 10.8 Å². The predicted octanol–water partition coefficient (Wildman–Crippen LogP) is 2.88. The van der Waals surface area contributed by atoms with E-state index in [1.165, 1.54) is 12.1 Å². The van der Waals surface area contributed by atoms with Crippen molar-refractivity contribution in [3.63, 3.8) is 0 Å². The molecule has 0 saturated heterocycles. The highest BCUT2D eigenvalue weighted by atomic mass is 35.5. The molecule has 2 aromatic carbocycles. The van der Waals surface area contributed by atoms with E-state index in [2.05, 4.69) is 16.2 Å². The summed E-state index contributed by atoms with van der Waals surface area (Å²) in [5, 5.41) is 3.07. The van der Waals surface area contributed by atoms with Crippen molar-refractivity contribution >= 4 is 40.5 Å². The summed E-state index contributed by atoms with van der Waals surface area (Å²) in [5.41, 5.74) is 4.98. The number of hydrogen-bond donors (Lipinski definition) is 3. The summed E-state index contributed by atoms with van der Waals surface area (Å²) in [6.07, 6.45) is 0. The molecule has 0 aliphatic carbocycles. The van der Waals surface area contributed by atoms with E-state index in [1.807, 2.05) is 0 Å². The Balaban J connectivity index is 1.75. The van der Waals surface area contributed by atoms with E-state index in [0.717, 1.165) is 0 Å². The summed E-state index contributed by atoms with van der Waals surface area (Å²) in [6.45, 7) is -0.251. The molecule has 0 spiro atoms. The van der Waals surface area contributed by atoms with Crippen molar-refractivity contribution in [1.82, 2.24) is 10.9 Å². The summed E-state index contributed by atoms with van der Waals surface area (Å²) in [6, 6.07) is 12.8. The van der Waals surface area contributed by atoms with Crippen molar-refractivity contribution in [2.75, 3.05) is 11.9 Å². The van der Waals surface area contributed by atoms with Crippen LogP contribution in [0.1, 0.15) is 0 Å². The van der Waals surface area contributed by atoms with E-state index in [4.69, 9.17) is 28.6 Å². The van der Waals surface area contributed by atoms with Crippen molar-refractivity contribution in [1.29, 1.82) is 0 Å². The van der Waals surface area contributed by atoms with Crippen LogP contribution in [0, 0.1) is 5.82 Å². The number of ether oxygens (including phenoxy) is 1. The number of hydrogen-bond acceptors (Lipinski definition) is 3. The minimum absolute atomic E-state index is 0.0428. The minimum Gasteiger partial charge on any atom is -0.482 e. The first-order valence-corrected chi connectivity index (χ1v) is 7.32. The molecule has 0 aliphatic heterocycles. The number of halogens is 2. The number of amides is 1. The van der Waals surface area contributed by atoms with Crippen LogP contribution in [0.15, 0.2) is 48.5 Å². The number of hydrazine groups is 1. The molecule has 8 heteroatoms. The highest BCUT2D eigenvalue weighted by Gasteiger charge is 2.07. The van der Waals surface area contributed by atoms with Crippen molar-refractivity contribution in [2.45, 2.75) is 0 Å². The van der Waals surface area contributed by atoms with Gasteiger partial charge in [0.2, 0.25) is 0 Å². The van der Waals surface area contributed by atoms with Gasteiger partial charge in [-0.15, -0.1) is 0 Å². The van der Waals surface area contributed by atoms with Gasteiger partial charge in [-0.2, -0.15) is 0 Å². The lowest BCUT2D eigenvalue weighted by Gasteiger charge is -2.12. The fourth-order valence-corrected chi connectivity index (χ4v) is 1.94. The van der Waals surface area contributed by atoms with Crippen LogP contribution < -0.4 is 20.9 Å². The average Bonchev–Trinajstić information content (AvgIpc) is 2.54. The van der Waals surface area contributed by atoms with Gasteiger partial charge in [0.1, 0.15) is 11.6 Å².